The third-order valence-corrected chi connectivity index (χ3v) is 3.08. The highest BCUT2D eigenvalue weighted by molar-refractivity contribution is 5.25. The topological polar surface area (TPSA) is 12.4 Å². The van der Waals surface area contributed by atoms with Crippen LogP contribution >= 0.6 is 0 Å². The molecule has 12 heavy (non-hydrogen) atoms. The normalized spacial score (nSPS) is 15.3. The number of hydrogen-bond acceptors (Lipinski definition) is 1. The monoisotopic (exact) mass is 169 g/mol. The van der Waals surface area contributed by atoms with Crippen LogP contribution in [0.25, 0.3) is 0 Å². The first-order valence-corrected chi connectivity index (χ1v) is 4.79. The average Bonchev–Trinajstić information content (AvgIpc) is 1.86. The summed E-state index contributed by atoms with van der Waals surface area (Å²) in [7, 11) is 0. The van der Waals surface area contributed by atoms with Gasteiger partial charge in [0.25, 0.3) is 0 Å². The van der Waals surface area contributed by atoms with E-state index in [9.17, 15) is 0 Å². The van der Waals surface area contributed by atoms with Gasteiger partial charge in [-0.15, -0.1) is 0 Å². The van der Waals surface area contributed by atoms with Crippen molar-refractivity contribution in [2.45, 2.75) is 47.6 Å². The first kappa shape index (κ1) is 11.7. The van der Waals surface area contributed by atoms with E-state index in [0.717, 1.165) is 0 Å². The molecular formula is C11H23N. The van der Waals surface area contributed by atoms with Crippen LogP contribution in [0, 0.1) is 17.3 Å². The minimum absolute atomic E-state index is 0.260. The summed E-state index contributed by atoms with van der Waals surface area (Å²) in [5.74, 6) is 1.23. The van der Waals surface area contributed by atoms with Gasteiger partial charge in [0, 0.05) is 0 Å². The van der Waals surface area contributed by atoms with E-state index in [1.807, 2.05) is 0 Å². The highest BCUT2D eigenvalue weighted by atomic mass is 14.8. The Hall–Kier alpha value is -0.330. The van der Waals surface area contributed by atoms with Crippen LogP contribution in [0.15, 0.2) is 4.99 Å². The molecule has 0 saturated heterocycles. The Morgan fingerprint density at radius 1 is 1.08 bits per heavy atom. The molecule has 72 valence electrons. The van der Waals surface area contributed by atoms with Crippen LogP contribution in [0.1, 0.15) is 41.5 Å². The first-order chi connectivity index (χ1) is 5.34. The molecule has 0 unspecified atom stereocenters. The Morgan fingerprint density at radius 2 is 1.50 bits per heavy atom. The van der Waals surface area contributed by atoms with E-state index in [4.69, 9.17) is 0 Å². The Balaban J connectivity index is 4.59. The molecule has 0 aromatic rings. The fraction of sp³-hybridized carbons (Fsp3) is 0.909. The zero-order valence-corrected chi connectivity index (χ0v) is 9.39. The molecule has 0 amide bonds. The standard InChI is InChI=1S/C11H23N/c1-8(2)10(12-7)11(5,6)9(3)4/h8-10H,7H2,1-6H3/t10-/m1/s1. The van der Waals surface area contributed by atoms with Gasteiger partial charge in [0.15, 0.2) is 0 Å². The third-order valence-electron chi connectivity index (χ3n) is 3.08. The number of nitrogens with zero attached hydrogens (tertiary/aromatic N) is 1. The summed E-state index contributed by atoms with van der Waals surface area (Å²) in [6.45, 7) is 17.2. The summed E-state index contributed by atoms with van der Waals surface area (Å²) in [5.41, 5.74) is 0.260. The second-order valence-corrected chi connectivity index (χ2v) is 4.85. The number of rotatable bonds is 4. The lowest BCUT2D eigenvalue weighted by Gasteiger charge is -2.37. The van der Waals surface area contributed by atoms with Crippen molar-refractivity contribution in [2.75, 3.05) is 0 Å². The third kappa shape index (κ3) is 2.33. The van der Waals surface area contributed by atoms with Gasteiger partial charge in [0.05, 0.1) is 6.04 Å². The lowest BCUT2D eigenvalue weighted by atomic mass is 9.71. The second-order valence-electron chi connectivity index (χ2n) is 4.85. The summed E-state index contributed by atoms with van der Waals surface area (Å²) in [6, 6.07) is 0.373. The highest BCUT2D eigenvalue weighted by Crippen LogP contribution is 2.35. The van der Waals surface area contributed by atoms with Gasteiger partial charge in [0.1, 0.15) is 0 Å². The van der Waals surface area contributed by atoms with E-state index in [-0.39, 0.29) is 5.41 Å². The van der Waals surface area contributed by atoms with Crippen LogP contribution in [-0.2, 0) is 0 Å². The maximum atomic E-state index is 4.23. The van der Waals surface area contributed by atoms with Crippen LogP contribution in [0.3, 0.4) is 0 Å². The van der Waals surface area contributed by atoms with Gasteiger partial charge in [-0.3, -0.25) is 4.99 Å². The SMILES string of the molecule is C=N[C@H](C(C)C)C(C)(C)C(C)C. The van der Waals surface area contributed by atoms with Gasteiger partial charge in [-0.2, -0.15) is 0 Å². The van der Waals surface area contributed by atoms with Gasteiger partial charge < -0.3 is 0 Å². The Morgan fingerprint density at radius 3 is 1.58 bits per heavy atom. The number of aliphatic imine (C=N–C) groups is 1. The number of hydrogen-bond donors (Lipinski definition) is 0. The smallest absolute Gasteiger partial charge is 0.0568 e. The fourth-order valence-electron chi connectivity index (χ4n) is 1.65. The fourth-order valence-corrected chi connectivity index (χ4v) is 1.65. The molecule has 0 spiro atoms. The Kier molecular flexibility index (Phi) is 3.95. The van der Waals surface area contributed by atoms with Gasteiger partial charge in [-0.1, -0.05) is 41.5 Å². The molecule has 0 rings (SSSR count). The van der Waals surface area contributed by atoms with Crippen molar-refractivity contribution in [1.29, 1.82) is 0 Å². The predicted molar refractivity (Wildman–Crippen MR) is 56.8 cm³/mol. The molecule has 0 aliphatic heterocycles. The maximum Gasteiger partial charge on any atom is 0.0568 e. The molecule has 0 N–H and O–H groups in total. The quantitative estimate of drug-likeness (QED) is 0.572. The van der Waals surface area contributed by atoms with Crippen molar-refractivity contribution in [2.24, 2.45) is 22.2 Å². The van der Waals surface area contributed by atoms with E-state index >= 15 is 0 Å². The van der Waals surface area contributed by atoms with Crippen molar-refractivity contribution in [3.8, 4) is 0 Å². The molecule has 1 nitrogen and oxygen atoms in total. The summed E-state index contributed by atoms with van der Waals surface area (Å²) in [6.07, 6.45) is 0. The molecule has 0 heterocycles. The average molecular weight is 169 g/mol. The van der Waals surface area contributed by atoms with Gasteiger partial charge in [-0.05, 0) is 24.0 Å². The summed E-state index contributed by atoms with van der Waals surface area (Å²) >= 11 is 0. The van der Waals surface area contributed by atoms with Gasteiger partial charge >= 0.3 is 0 Å². The van der Waals surface area contributed by atoms with Crippen LogP contribution in [0.5, 0.6) is 0 Å². The van der Waals surface area contributed by atoms with E-state index in [0.29, 0.717) is 17.9 Å². The van der Waals surface area contributed by atoms with E-state index in [1.54, 1.807) is 0 Å². The molecular weight excluding hydrogens is 146 g/mol. The zero-order chi connectivity index (χ0) is 9.94. The maximum absolute atomic E-state index is 4.23. The molecule has 0 aromatic heterocycles. The van der Waals surface area contributed by atoms with Crippen molar-refractivity contribution in [3.05, 3.63) is 0 Å². The van der Waals surface area contributed by atoms with Crippen LogP contribution in [0.4, 0.5) is 0 Å². The summed E-state index contributed by atoms with van der Waals surface area (Å²) < 4.78 is 0. The highest BCUT2D eigenvalue weighted by Gasteiger charge is 2.33. The van der Waals surface area contributed by atoms with Crippen LogP contribution in [0.2, 0.25) is 0 Å². The molecule has 0 aromatic carbocycles. The molecule has 0 radical (unpaired) electrons. The Bertz CT molecular complexity index is 145. The zero-order valence-electron chi connectivity index (χ0n) is 9.39. The van der Waals surface area contributed by atoms with E-state index in [1.165, 1.54) is 0 Å². The largest absolute Gasteiger partial charge is 0.297 e. The molecule has 1 atom stereocenters. The van der Waals surface area contributed by atoms with Gasteiger partial charge in [-0.25, -0.2) is 0 Å². The molecule has 0 saturated carbocycles. The molecule has 0 bridgehead atoms. The van der Waals surface area contributed by atoms with Crippen LogP contribution < -0.4 is 0 Å². The summed E-state index contributed by atoms with van der Waals surface area (Å²) in [5, 5.41) is 0. The van der Waals surface area contributed by atoms with E-state index in [2.05, 4.69) is 53.3 Å². The van der Waals surface area contributed by atoms with Crippen molar-refractivity contribution >= 4 is 6.72 Å². The molecule has 1 heteroatoms. The van der Waals surface area contributed by atoms with Crippen molar-refractivity contribution in [1.82, 2.24) is 0 Å². The predicted octanol–water partition coefficient (Wildman–Crippen LogP) is 3.39. The molecule has 0 aliphatic rings. The minimum Gasteiger partial charge on any atom is -0.297 e. The van der Waals surface area contributed by atoms with Crippen LogP contribution in [-0.4, -0.2) is 12.8 Å². The minimum atomic E-state index is 0.260. The first-order valence-electron chi connectivity index (χ1n) is 4.79. The van der Waals surface area contributed by atoms with Crippen molar-refractivity contribution in [3.63, 3.8) is 0 Å². The Labute approximate surface area is 77.3 Å². The van der Waals surface area contributed by atoms with Crippen molar-refractivity contribution < 1.29 is 0 Å². The second kappa shape index (κ2) is 4.06. The lowest BCUT2D eigenvalue weighted by molar-refractivity contribution is 0.162. The van der Waals surface area contributed by atoms with E-state index < -0.39 is 0 Å². The molecule has 0 fully saturated rings. The van der Waals surface area contributed by atoms with Gasteiger partial charge in [0.2, 0.25) is 0 Å². The summed E-state index contributed by atoms with van der Waals surface area (Å²) in [4.78, 5) is 4.23. The lowest BCUT2D eigenvalue weighted by Crippen LogP contribution is -2.36. The molecule has 0 aliphatic carbocycles.